The first kappa shape index (κ1) is 13.2. The van der Waals surface area contributed by atoms with Gasteiger partial charge in [-0.05, 0) is 44.9 Å². The number of carboxylic acids is 1. The molecule has 0 heterocycles. The molecule has 0 spiro atoms. The van der Waals surface area contributed by atoms with Crippen molar-refractivity contribution >= 4 is 12.0 Å². The normalized spacial score (nSPS) is 30.2. The number of aliphatic carboxylic acids is 1. The summed E-state index contributed by atoms with van der Waals surface area (Å²) in [5, 5.41) is 14.6. The highest BCUT2D eigenvalue weighted by atomic mass is 16.4. The number of carboxylic acid groups (broad SMARTS) is 1. The second kappa shape index (κ2) is 4.78. The summed E-state index contributed by atoms with van der Waals surface area (Å²) in [6.45, 7) is 3.36. The Hall–Kier alpha value is -1.26. The number of urea groups is 1. The molecule has 3 unspecified atom stereocenters. The van der Waals surface area contributed by atoms with Gasteiger partial charge < -0.3 is 15.7 Å². The minimum Gasteiger partial charge on any atom is -0.481 e. The van der Waals surface area contributed by atoms with Crippen molar-refractivity contribution in [2.75, 3.05) is 6.54 Å². The summed E-state index contributed by atoms with van der Waals surface area (Å²) in [5.74, 6) is 0.520. The second-order valence-electron chi connectivity index (χ2n) is 6.30. The highest BCUT2D eigenvalue weighted by Gasteiger charge is 2.40. The van der Waals surface area contributed by atoms with E-state index in [-0.39, 0.29) is 18.6 Å². The minimum absolute atomic E-state index is 0.148. The predicted octanol–water partition coefficient (Wildman–Crippen LogP) is 1.58. The number of hydrogen-bond donors (Lipinski definition) is 3. The van der Waals surface area contributed by atoms with Crippen molar-refractivity contribution in [3.8, 4) is 0 Å². The van der Waals surface area contributed by atoms with E-state index in [0.717, 1.165) is 12.3 Å². The lowest BCUT2D eigenvalue weighted by Crippen LogP contribution is -2.48. The van der Waals surface area contributed by atoms with Crippen LogP contribution in [0.2, 0.25) is 0 Å². The van der Waals surface area contributed by atoms with E-state index in [0.29, 0.717) is 5.92 Å². The van der Waals surface area contributed by atoms with Crippen molar-refractivity contribution in [3.05, 3.63) is 0 Å². The van der Waals surface area contributed by atoms with E-state index in [2.05, 4.69) is 10.6 Å². The van der Waals surface area contributed by atoms with Crippen LogP contribution in [0, 0.1) is 17.3 Å². The molecule has 2 bridgehead atoms. The molecule has 3 atom stereocenters. The third-order valence-corrected chi connectivity index (χ3v) is 4.32. The summed E-state index contributed by atoms with van der Waals surface area (Å²) in [4.78, 5) is 22.6. The van der Waals surface area contributed by atoms with Gasteiger partial charge in [0.1, 0.15) is 0 Å². The average molecular weight is 254 g/mol. The molecule has 2 rings (SSSR count). The van der Waals surface area contributed by atoms with Gasteiger partial charge in [0, 0.05) is 12.6 Å². The number of nitrogens with one attached hydrogen (secondary N) is 2. The molecular formula is C13H22N2O3. The summed E-state index contributed by atoms with van der Waals surface area (Å²) < 4.78 is 0. The predicted molar refractivity (Wildman–Crippen MR) is 67.2 cm³/mol. The van der Waals surface area contributed by atoms with Gasteiger partial charge >= 0.3 is 12.0 Å². The van der Waals surface area contributed by atoms with Crippen molar-refractivity contribution in [2.24, 2.45) is 17.3 Å². The van der Waals surface area contributed by atoms with Crippen LogP contribution in [-0.4, -0.2) is 29.7 Å². The van der Waals surface area contributed by atoms with Gasteiger partial charge in [0.05, 0.1) is 5.41 Å². The fourth-order valence-corrected chi connectivity index (χ4v) is 3.02. The first-order valence-corrected chi connectivity index (χ1v) is 6.66. The largest absolute Gasteiger partial charge is 0.481 e. The number of fused-ring (bicyclic) bond motifs is 2. The summed E-state index contributed by atoms with van der Waals surface area (Å²) in [5.41, 5.74) is -0.925. The van der Waals surface area contributed by atoms with E-state index in [4.69, 9.17) is 5.11 Å². The molecule has 3 N–H and O–H groups in total. The molecular weight excluding hydrogens is 232 g/mol. The molecule has 2 saturated carbocycles. The van der Waals surface area contributed by atoms with E-state index in [1.54, 1.807) is 13.8 Å². The standard InChI is InChI=1S/C13H22N2O3/c1-13(2,11(16)17)7-14-12(18)15-10-6-8-3-4-9(10)5-8/h8-10H,3-7H2,1-2H3,(H,16,17)(H2,14,15,18). The van der Waals surface area contributed by atoms with Gasteiger partial charge in [0.15, 0.2) is 0 Å². The van der Waals surface area contributed by atoms with Crippen LogP contribution in [0.1, 0.15) is 39.5 Å². The molecule has 0 aromatic heterocycles. The zero-order valence-corrected chi connectivity index (χ0v) is 11.0. The van der Waals surface area contributed by atoms with Gasteiger partial charge in [-0.25, -0.2) is 4.79 Å². The smallest absolute Gasteiger partial charge is 0.315 e. The van der Waals surface area contributed by atoms with Crippen LogP contribution < -0.4 is 10.6 Å². The zero-order valence-electron chi connectivity index (χ0n) is 11.0. The first-order chi connectivity index (χ1) is 8.38. The summed E-state index contributed by atoms with van der Waals surface area (Å²) >= 11 is 0. The van der Waals surface area contributed by atoms with E-state index in [9.17, 15) is 9.59 Å². The molecule has 18 heavy (non-hydrogen) atoms. The Morgan fingerprint density at radius 2 is 2.00 bits per heavy atom. The lowest BCUT2D eigenvalue weighted by molar-refractivity contribution is -0.146. The Labute approximate surface area is 107 Å². The maximum atomic E-state index is 11.7. The third-order valence-electron chi connectivity index (χ3n) is 4.32. The lowest BCUT2D eigenvalue weighted by atomic mass is 9.94. The highest BCUT2D eigenvalue weighted by Crippen LogP contribution is 2.44. The number of hydrogen-bond acceptors (Lipinski definition) is 2. The maximum absolute atomic E-state index is 11.7. The average Bonchev–Trinajstić information content (AvgIpc) is 2.88. The molecule has 5 heteroatoms. The van der Waals surface area contributed by atoms with E-state index >= 15 is 0 Å². The molecule has 0 radical (unpaired) electrons. The Balaban J connectivity index is 1.74. The van der Waals surface area contributed by atoms with Crippen molar-refractivity contribution < 1.29 is 14.7 Å². The Kier molecular flexibility index (Phi) is 3.50. The molecule has 0 saturated heterocycles. The van der Waals surface area contributed by atoms with Crippen LogP contribution in [0.3, 0.4) is 0 Å². The van der Waals surface area contributed by atoms with E-state index in [1.165, 1.54) is 19.3 Å². The monoisotopic (exact) mass is 254 g/mol. The Morgan fingerprint density at radius 1 is 1.28 bits per heavy atom. The van der Waals surface area contributed by atoms with E-state index in [1.807, 2.05) is 0 Å². The Bertz CT molecular complexity index is 354. The summed E-state index contributed by atoms with van der Waals surface area (Å²) in [6.07, 6.45) is 4.85. The van der Waals surface area contributed by atoms with E-state index < -0.39 is 11.4 Å². The van der Waals surface area contributed by atoms with Gasteiger partial charge in [-0.15, -0.1) is 0 Å². The molecule has 2 amide bonds. The number of carbonyl (C=O) groups excluding carboxylic acids is 1. The van der Waals surface area contributed by atoms with Gasteiger partial charge in [-0.2, -0.15) is 0 Å². The summed E-state index contributed by atoms with van der Waals surface area (Å²) in [7, 11) is 0. The molecule has 2 fully saturated rings. The van der Waals surface area contributed by atoms with Crippen molar-refractivity contribution in [3.63, 3.8) is 0 Å². The first-order valence-electron chi connectivity index (χ1n) is 6.66. The van der Waals surface area contributed by atoms with Crippen molar-refractivity contribution in [1.82, 2.24) is 10.6 Å². The summed E-state index contributed by atoms with van der Waals surface area (Å²) in [6, 6.07) is 0.0542. The quantitative estimate of drug-likeness (QED) is 0.712. The van der Waals surface area contributed by atoms with Gasteiger partial charge in [-0.3, -0.25) is 4.79 Å². The van der Waals surface area contributed by atoms with Crippen LogP contribution in [0.25, 0.3) is 0 Å². The van der Waals surface area contributed by atoms with Crippen LogP contribution in [0.5, 0.6) is 0 Å². The van der Waals surface area contributed by atoms with Gasteiger partial charge in [0.25, 0.3) is 0 Å². The molecule has 0 aromatic rings. The topological polar surface area (TPSA) is 78.4 Å². The van der Waals surface area contributed by atoms with Crippen molar-refractivity contribution in [1.29, 1.82) is 0 Å². The van der Waals surface area contributed by atoms with Crippen LogP contribution in [0.15, 0.2) is 0 Å². The molecule has 2 aliphatic rings. The van der Waals surface area contributed by atoms with Gasteiger partial charge in [-0.1, -0.05) is 6.42 Å². The number of amides is 2. The molecule has 2 aliphatic carbocycles. The van der Waals surface area contributed by atoms with Crippen LogP contribution in [-0.2, 0) is 4.79 Å². The molecule has 5 nitrogen and oxygen atoms in total. The molecule has 102 valence electrons. The number of rotatable bonds is 4. The third kappa shape index (κ3) is 2.76. The fourth-order valence-electron chi connectivity index (χ4n) is 3.02. The van der Waals surface area contributed by atoms with Crippen LogP contribution >= 0.6 is 0 Å². The fraction of sp³-hybridized carbons (Fsp3) is 0.846. The minimum atomic E-state index is -0.925. The zero-order chi connectivity index (χ0) is 13.3. The van der Waals surface area contributed by atoms with Crippen LogP contribution in [0.4, 0.5) is 4.79 Å². The second-order valence-corrected chi connectivity index (χ2v) is 6.30. The number of carbonyl (C=O) groups is 2. The molecule has 0 aliphatic heterocycles. The Morgan fingerprint density at radius 3 is 2.50 bits per heavy atom. The van der Waals surface area contributed by atoms with Crippen molar-refractivity contribution in [2.45, 2.75) is 45.6 Å². The van der Waals surface area contributed by atoms with Gasteiger partial charge in [0.2, 0.25) is 0 Å². The maximum Gasteiger partial charge on any atom is 0.315 e. The lowest BCUT2D eigenvalue weighted by Gasteiger charge is -2.25. The molecule has 0 aromatic carbocycles. The highest BCUT2D eigenvalue weighted by molar-refractivity contribution is 5.77. The SMILES string of the molecule is CC(C)(CNC(=O)NC1CC2CCC1C2)C(=O)O.